The third-order valence-corrected chi connectivity index (χ3v) is 5.09. The standard InChI is InChI=1S/C22H24N2O6/c1-22(12-15-7-5-6-8-17(15)28-2)20(26)24(21(27)23-22)13-16(25)14-9-10-18(29-3)19(11-14)30-4/h5-11H,12-13H2,1-4H3,(H,23,27)/t22-/m1/s1. The Labute approximate surface area is 174 Å². The Bertz CT molecular complexity index is 989. The molecule has 1 aliphatic rings. The van der Waals surface area contributed by atoms with E-state index in [0.29, 0.717) is 22.8 Å². The zero-order chi connectivity index (χ0) is 21.9. The first-order valence-corrected chi connectivity index (χ1v) is 9.34. The lowest BCUT2D eigenvalue weighted by molar-refractivity contribution is -0.130. The van der Waals surface area contributed by atoms with Crippen LogP contribution in [-0.4, -0.2) is 56.0 Å². The molecule has 158 valence electrons. The van der Waals surface area contributed by atoms with Gasteiger partial charge in [-0.3, -0.25) is 14.5 Å². The largest absolute Gasteiger partial charge is 0.496 e. The molecule has 0 unspecified atom stereocenters. The number of methoxy groups -OCH3 is 3. The summed E-state index contributed by atoms with van der Waals surface area (Å²) in [6.07, 6.45) is 0.239. The van der Waals surface area contributed by atoms with Crippen molar-refractivity contribution in [2.75, 3.05) is 27.9 Å². The number of Topliss-reactive ketones (excluding diaryl/α,β-unsaturated/α-hetero) is 1. The lowest BCUT2D eigenvalue weighted by Gasteiger charge is -2.22. The van der Waals surface area contributed by atoms with Crippen LogP contribution in [0.15, 0.2) is 42.5 Å². The van der Waals surface area contributed by atoms with Crippen molar-refractivity contribution >= 4 is 17.7 Å². The van der Waals surface area contributed by atoms with Crippen LogP contribution in [0.4, 0.5) is 4.79 Å². The quantitative estimate of drug-likeness (QED) is 0.529. The molecule has 1 aliphatic heterocycles. The van der Waals surface area contributed by atoms with Gasteiger partial charge >= 0.3 is 6.03 Å². The Hall–Kier alpha value is -3.55. The van der Waals surface area contributed by atoms with Crippen LogP contribution in [0.1, 0.15) is 22.8 Å². The van der Waals surface area contributed by atoms with Crippen molar-refractivity contribution in [1.82, 2.24) is 10.2 Å². The van der Waals surface area contributed by atoms with Crippen LogP contribution in [0.2, 0.25) is 0 Å². The molecule has 2 aromatic rings. The molecule has 0 aromatic heterocycles. The van der Waals surface area contributed by atoms with E-state index in [2.05, 4.69) is 5.32 Å². The number of ether oxygens (including phenoxy) is 3. The number of urea groups is 1. The Morgan fingerprint density at radius 2 is 1.63 bits per heavy atom. The van der Waals surface area contributed by atoms with Gasteiger partial charge in [-0.2, -0.15) is 0 Å². The molecule has 1 heterocycles. The minimum absolute atomic E-state index is 0.239. The molecule has 3 amide bonds. The van der Waals surface area contributed by atoms with Crippen molar-refractivity contribution < 1.29 is 28.6 Å². The van der Waals surface area contributed by atoms with Gasteiger partial charge in [0.05, 0.1) is 27.9 Å². The molecule has 0 aliphatic carbocycles. The number of nitrogens with zero attached hydrogens (tertiary/aromatic N) is 1. The highest BCUT2D eigenvalue weighted by Gasteiger charge is 2.48. The lowest BCUT2D eigenvalue weighted by Crippen LogP contribution is -2.46. The summed E-state index contributed by atoms with van der Waals surface area (Å²) in [6, 6.07) is 11.4. The first-order valence-electron chi connectivity index (χ1n) is 9.34. The Morgan fingerprint density at radius 3 is 2.30 bits per heavy atom. The fraction of sp³-hybridized carbons (Fsp3) is 0.318. The number of ketones is 1. The fourth-order valence-corrected chi connectivity index (χ4v) is 3.48. The zero-order valence-corrected chi connectivity index (χ0v) is 17.4. The molecule has 1 saturated heterocycles. The number of hydrogen-bond donors (Lipinski definition) is 1. The van der Waals surface area contributed by atoms with E-state index in [0.717, 1.165) is 10.5 Å². The van der Waals surface area contributed by atoms with Crippen LogP contribution >= 0.6 is 0 Å². The van der Waals surface area contributed by atoms with E-state index in [9.17, 15) is 14.4 Å². The third-order valence-electron chi connectivity index (χ3n) is 5.09. The second kappa shape index (κ2) is 8.44. The van der Waals surface area contributed by atoms with Gasteiger partial charge < -0.3 is 19.5 Å². The molecule has 1 fully saturated rings. The van der Waals surface area contributed by atoms with Crippen LogP contribution in [-0.2, 0) is 11.2 Å². The number of amides is 3. The number of carbonyl (C=O) groups excluding carboxylic acids is 3. The molecule has 1 atom stereocenters. The summed E-state index contributed by atoms with van der Waals surface area (Å²) in [7, 11) is 4.51. The average Bonchev–Trinajstić information content (AvgIpc) is 2.96. The zero-order valence-electron chi connectivity index (χ0n) is 17.4. The summed E-state index contributed by atoms with van der Waals surface area (Å²) >= 11 is 0. The monoisotopic (exact) mass is 412 g/mol. The molecule has 0 spiro atoms. The highest BCUT2D eigenvalue weighted by atomic mass is 16.5. The van der Waals surface area contributed by atoms with E-state index < -0.39 is 17.5 Å². The van der Waals surface area contributed by atoms with E-state index in [-0.39, 0.29) is 18.7 Å². The SMILES string of the molecule is COc1ccccc1C[C@@]1(C)NC(=O)N(CC(=O)c2ccc(OC)c(OC)c2)C1=O. The number of hydrogen-bond acceptors (Lipinski definition) is 6. The van der Waals surface area contributed by atoms with Crippen molar-refractivity contribution in [3.8, 4) is 17.2 Å². The van der Waals surface area contributed by atoms with Crippen LogP contribution < -0.4 is 19.5 Å². The minimum atomic E-state index is -1.18. The molecular formula is C22H24N2O6. The van der Waals surface area contributed by atoms with Crippen LogP contribution in [0.5, 0.6) is 17.2 Å². The number of rotatable bonds is 8. The second-order valence-corrected chi connectivity index (χ2v) is 7.14. The van der Waals surface area contributed by atoms with Crippen LogP contribution in [0.3, 0.4) is 0 Å². The summed E-state index contributed by atoms with van der Waals surface area (Å²) in [4.78, 5) is 39.2. The molecule has 8 nitrogen and oxygen atoms in total. The maximum Gasteiger partial charge on any atom is 0.325 e. The lowest BCUT2D eigenvalue weighted by atomic mass is 9.92. The maximum absolute atomic E-state index is 13.0. The molecule has 1 N–H and O–H groups in total. The van der Waals surface area contributed by atoms with Gasteiger partial charge in [-0.05, 0) is 36.8 Å². The van der Waals surface area contributed by atoms with Crippen molar-refractivity contribution in [2.45, 2.75) is 18.9 Å². The highest BCUT2D eigenvalue weighted by Crippen LogP contribution is 2.29. The molecule has 0 saturated carbocycles. The number of carbonyl (C=O) groups is 3. The number of para-hydroxylation sites is 1. The summed E-state index contributed by atoms with van der Waals surface area (Å²) in [6.45, 7) is 1.27. The number of nitrogens with one attached hydrogen (secondary N) is 1. The predicted molar refractivity (Wildman–Crippen MR) is 109 cm³/mol. The van der Waals surface area contributed by atoms with E-state index in [1.54, 1.807) is 32.2 Å². The van der Waals surface area contributed by atoms with Gasteiger partial charge in [-0.25, -0.2) is 4.79 Å². The van der Waals surface area contributed by atoms with Crippen LogP contribution in [0, 0.1) is 0 Å². The van der Waals surface area contributed by atoms with Crippen LogP contribution in [0.25, 0.3) is 0 Å². The third kappa shape index (κ3) is 3.94. The molecule has 0 radical (unpaired) electrons. The fourth-order valence-electron chi connectivity index (χ4n) is 3.48. The summed E-state index contributed by atoms with van der Waals surface area (Å²) < 4.78 is 15.7. The molecule has 0 bridgehead atoms. The van der Waals surface area contributed by atoms with Crippen molar-refractivity contribution in [3.05, 3.63) is 53.6 Å². The van der Waals surface area contributed by atoms with Gasteiger partial charge in [0.1, 0.15) is 11.3 Å². The Balaban J connectivity index is 1.78. The van der Waals surface area contributed by atoms with Gasteiger partial charge in [0.2, 0.25) is 0 Å². The van der Waals surface area contributed by atoms with Crippen molar-refractivity contribution in [1.29, 1.82) is 0 Å². The minimum Gasteiger partial charge on any atom is -0.496 e. The summed E-state index contributed by atoms with van der Waals surface area (Å²) in [5.41, 5.74) is -0.0837. The van der Waals surface area contributed by atoms with Crippen molar-refractivity contribution in [3.63, 3.8) is 0 Å². The Kier molecular flexibility index (Phi) is 5.96. The first-order chi connectivity index (χ1) is 14.3. The maximum atomic E-state index is 13.0. The normalized spacial score (nSPS) is 18.2. The second-order valence-electron chi connectivity index (χ2n) is 7.14. The Morgan fingerprint density at radius 1 is 0.967 bits per heavy atom. The highest BCUT2D eigenvalue weighted by molar-refractivity contribution is 6.11. The molecule has 2 aromatic carbocycles. The van der Waals surface area contributed by atoms with Crippen molar-refractivity contribution in [2.24, 2.45) is 0 Å². The molecule has 3 rings (SSSR count). The molecular weight excluding hydrogens is 388 g/mol. The number of benzene rings is 2. The van der Waals surface area contributed by atoms with E-state index in [4.69, 9.17) is 14.2 Å². The smallest absolute Gasteiger partial charge is 0.325 e. The first kappa shape index (κ1) is 21.2. The van der Waals surface area contributed by atoms with E-state index in [1.807, 2.05) is 18.2 Å². The topological polar surface area (TPSA) is 94.2 Å². The summed E-state index contributed by atoms with van der Waals surface area (Å²) in [5.74, 6) is 0.642. The van der Waals surface area contributed by atoms with E-state index in [1.165, 1.54) is 20.3 Å². The number of imide groups is 1. The average molecular weight is 412 g/mol. The predicted octanol–water partition coefficient (Wildman–Crippen LogP) is 2.45. The summed E-state index contributed by atoms with van der Waals surface area (Å²) in [5, 5.41) is 2.71. The molecule has 8 heteroatoms. The van der Waals surface area contributed by atoms with Gasteiger partial charge in [-0.15, -0.1) is 0 Å². The van der Waals surface area contributed by atoms with Gasteiger partial charge in [-0.1, -0.05) is 18.2 Å². The molecule has 30 heavy (non-hydrogen) atoms. The van der Waals surface area contributed by atoms with Gasteiger partial charge in [0.25, 0.3) is 5.91 Å². The van der Waals surface area contributed by atoms with Gasteiger partial charge in [0, 0.05) is 12.0 Å². The van der Waals surface area contributed by atoms with E-state index >= 15 is 0 Å². The van der Waals surface area contributed by atoms with Gasteiger partial charge in [0.15, 0.2) is 17.3 Å².